The van der Waals surface area contributed by atoms with E-state index in [1.165, 1.54) is 50.0 Å². The van der Waals surface area contributed by atoms with Crippen molar-refractivity contribution in [3.05, 3.63) is 29.3 Å². The molecule has 3 nitrogen and oxygen atoms in total. The molecule has 2 rings (SSSR count). The molecule has 0 amide bonds. The smallest absolute Gasteiger partial charge is 0.119 e. The first-order valence-corrected chi connectivity index (χ1v) is 8.85. The molecule has 1 aliphatic rings. The van der Waals surface area contributed by atoms with Crippen molar-refractivity contribution in [2.45, 2.75) is 46.0 Å². The van der Waals surface area contributed by atoms with Crippen LogP contribution in [0.2, 0.25) is 0 Å². The zero-order valence-corrected chi connectivity index (χ0v) is 14.5. The fourth-order valence-electron chi connectivity index (χ4n) is 3.79. The molecule has 1 atom stereocenters. The van der Waals surface area contributed by atoms with Crippen molar-refractivity contribution in [1.29, 1.82) is 0 Å². The molecule has 1 unspecified atom stereocenters. The lowest BCUT2D eigenvalue weighted by Gasteiger charge is -2.36. The summed E-state index contributed by atoms with van der Waals surface area (Å²) in [5, 5.41) is 0. The van der Waals surface area contributed by atoms with Crippen molar-refractivity contribution in [3.8, 4) is 5.75 Å². The molecule has 3 heteroatoms. The van der Waals surface area contributed by atoms with E-state index in [2.05, 4.69) is 36.9 Å². The Labute approximate surface area is 135 Å². The minimum Gasteiger partial charge on any atom is -0.494 e. The summed E-state index contributed by atoms with van der Waals surface area (Å²) in [6.07, 6.45) is 3.80. The van der Waals surface area contributed by atoms with Gasteiger partial charge in [-0.3, -0.25) is 0 Å². The molecule has 0 aliphatic carbocycles. The monoisotopic (exact) mass is 304 g/mol. The highest BCUT2D eigenvalue weighted by atomic mass is 16.5. The number of ether oxygens (including phenoxy) is 1. The van der Waals surface area contributed by atoms with Crippen molar-refractivity contribution in [1.82, 2.24) is 4.90 Å². The lowest BCUT2D eigenvalue weighted by atomic mass is 9.78. The fourth-order valence-corrected chi connectivity index (χ4v) is 3.79. The van der Waals surface area contributed by atoms with Crippen LogP contribution in [0.25, 0.3) is 0 Å². The van der Waals surface area contributed by atoms with Crippen LogP contribution in [0.1, 0.15) is 50.2 Å². The molecule has 1 saturated heterocycles. The maximum Gasteiger partial charge on any atom is 0.119 e. The van der Waals surface area contributed by atoms with Crippen LogP contribution in [-0.4, -0.2) is 37.7 Å². The normalized spacial score (nSPS) is 18.4. The molecule has 0 saturated carbocycles. The average Bonchev–Trinajstić information content (AvgIpc) is 2.52. The number of hydrogen-bond acceptors (Lipinski definition) is 3. The summed E-state index contributed by atoms with van der Waals surface area (Å²) in [7, 11) is 0. The average molecular weight is 304 g/mol. The Hall–Kier alpha value is -1.06. The van der Waals surface area contributed by atoms with Gasteiger partial charge in [-0.1, -0.05) is 13.0 Å². The van der Waals surface area contributed by atoms with Crippen LogP contribution in [0.15, 0.2) is 18.2 Å². The van der Waals surface area contributed by atoms with Crippen LogP contribution in [0, 0.1) is 12.8 Å². The Kier molecular flexibility index (Phi) is 6.71. The molecule has 124 valence electrons. The Balaban J connectivity index is 2.05. The van der Waals surface area contributed by atoms with Crippen molar-refractivity contribution >= 4 is 0 Å². The summed E-state index contributed by atoms with van der Waals surface area (Å²) in [5.74, 6) is 2.17. The summed E-state index contributed by atoms with van der Waals surface area (Å²) in [6.45, 7) is 11.6. The minimum absolute atomic E-state index is 0.486. The molecular weight excluding hydrogens is 272 g/mol. The zero-order valence-electron chi connectivity index (χ0n) is 14.5. The molecule has 1 fully saturated rings. The second-order valence-electron chi connectivity index (χ2n) is 6.47. The van der Waals surface area contributed by atoms with Gasteiger partial charge in [0.1, 0.15) is 5.75 Å². The van der Waals surface area contributed by atoms with Gasteiger partial charge >= 0.3 is 0 Å². The molecule has 1 aliphatic heterocycles. The van der Waals surface area contributed by atoms with E-state index in [4.69, 9.17) is 10.5 Å². The Morgan fingerprint density at radius 1 is 1.27 bits per heavy atom. The third kappa shape index (κ3) is 4.23. The quantitative estimate of drug-likeness (QED) is 0.837. The largest absolute Gasteiger partial charge is 0.494 e. The number of aryl methyl sites for hydroxylation is 1. The summed E-state index contributed by atoms with van der Waals surface area (Å²) in [5.41, 5.74) is 8.88. The van der Waals surface area contributed by atoms with Gasteiger partial charge in [0.25, 0.3) is 0 Å². The van der Waals surface area contributed by atoms with Crippen LogP contribution in [0.5, 0.6) is 5.75 Å². The van der Waals surface area contributed by atoms with Gasteiger partial charge in [0, 0.05) is 0 Å². The van der Waals surface area contributed by atoms with E-state index in [9.17, 15) is 0 Å². The Morgan fingerprint density at radius 2 is 2.00 bits per heavy atom. The standard InChI is InChI=1S/C19H32N2O/c1-4-10-21-11-8-16(9-12-21)19(14-20)18-7-6-17(22-5-2)13-15(18)3/h6-7,13,16,19H,4-5,8-12,14,20H2,1-3H3. The third-order valence-electron chi connectivity index (χ3n) is 4.95. The lowest BCUT2D eigenvalue weighted by Crippen LogP contribution is -2.37. The number of piperidine rings is 1. The predicted octanol–water partition coefficient (Wildman–Crippen LogP) is 3.56. The Bertz CT molecular complexity index is 453. The number of likely N-dealkylation sites (tertiary alicyclic amines) is 1. The highest BCUT2D eigenvalue weighted by molar-refractivity contribution is 5.37. The number of rotatable bonds is 7. The Morgan fingerprint density at radius 3 is 2.55 bits per heavy atom. The first kappa shape index (κ1) is 17.3. The first-order chi connectivity index (χ1) is 10.7. The fraction of sp³-hybridized carbons (Fsp3) is 0.684. The molecule has 1 aromatic carbocycles. The molecule has 0 aromatic heterocycles. The van der Waals surface area contributed by atoms with Gasteiger partial charge in [-0.25, -0.2) is 0 Å². The number of nitrogens with zero attached hydrogens (tertiary/aromatic N) is 1. The third-order valence-corrected chi connectivity index (χ3v) is 4.95. The zero-order chi connectivity index (χ0) is 15.9. The van der Waals surface area contributed by atoms with Crippen molar-refractivity contribution in [2.75, 3.05) is 32.8 Å². The van der Waals surface area contributed by atoms with E-state index < -0.39 is 0 Å². The summed E-state index contributed by atoms with van der Waals surface area (Å²) >= 11 is 0. The highest BCUT2D eigenvalue weighted by Gasteiger charge is 2.27. The van der Waals surface area contributed by atoms with Gasteiger partial charge in [-0.05, 0) is 94.4 Å². The molecule has 0 bridgehead atoms. The van der Waals surface area contributed by atoms with Crippen LogP contribution < -0.4 is 10.5 Å². The van der Waals surface area contributed by atoms with Crippen LogP contribution >= 0.6 is 0 Å². The van der Waals surface area contributed by atoms with Crippen LogP contribution in [0.4, 0.5) is 0 Å². The van der Waals surface area contributed by atoms with Gasteiger partial charge in [-0.2, -0.15) is 0 Å². The number of nitrogens with two attached hydrogens (primary N) is 1. The molecule has 2 N–H and O–H groups in total. The van der Waals surface area contributed by atoms with Crippen LogP contribution in [-0.2, 0) is 0 Å². The SMILES string of the molecule is CCCN1CCC(C(CN)c2ccc(OCC)cc2C)CC1. The van der Waals surface area contributed by atoms with Gasteiger partial charge in [0.2, 0.25) is 0 Å². The molecule has 22 heavy (non-hydrogen) atoms. The number of hydrogen-bond donors (Lipinski definition) is 1. The van der Waals surface area contributed by atoms with Gasteiger partial charge < -0.3 is 15.4 Å². The van der Waals surface area contributed by atoms with E-state index in [0.29, 0.717) is 5.92 Å². The van der Waals surface area contributed by atoms with E-state index in [-0.39, 0.29) is 0 Å². The van der Waals surface area contributed by atoms with Gasteiger partial charge in [-0.15, -0.1) is 0 Å². The molecule has 0 radical (unpaired) electrons. The molecule has 1 heterocycles. The van der Waals surface area contributed by atoms with Gasteiger partial charge in [0.15, 0.2) is 0 Å². The second-order valence-corrected chi connectivity index (χ2v) is 6.47. The lowest BCUT2D eigenvalue weighted by molar-refractivity contribution is 0.169. The maximum atomic E-state index is 6.15. The van der Waals surface area contributed by atoms with E-state index in [0.717, 1.165) is 24.8 Å². The van der Waals surface area contributed by atoms with Crippen LogP contribution in [0.3, 0.4) is 0 Å². The van der Waals surface area contributed by atoms with Crippen molar-refractivity contribution in [2.24, 2.45) is 11.7 Å². The van der Waals surface area contributed by atoms with Crippen molar-refractivity contribution in [3.63, 3.8) is 0 Å². The highest BCUT2D eigenvalue weighted by Crippen LogP contribution is 2.34. The van der Waals surface area contributed by atoms with E-state index in [1.54, 1.807) is 0 Å². The van der Waals surface area contributed by atoms with E-state index in [1.807, 2.05) is 6.92 Å². The second kappa shape index (κ2) is 8.54. The van der Waals surface area contributed by atoms with E-state index >= 15 is 0 Å². The van der Waals surface area contributed by atoms with Gasteiger partial charge in [0.05, 0.1) is 6.61 Å². The molecule has 0 spiro atoms. The predicted molar refractivity (Wildman–Crippen MR) is 93.6 cm³/mol. The first-order valence-electron chi connectivity index (χ1n) is 8.85. The summed E-state index contributed by atoms with van der Waals surface area (Å²) in [4.78, 5) is 2.59. The summed E-state index contributed by atoms with van der Waals surface area (Å²) < 4.78 is 5.60. The topological polar surface area (TPSA) is 38.5 Å². The van der Waals surface area contributed by atoms with Crippen molar-refractivity contribution < 1.29 is 4.74 Å². The molecule has 1 aromatic rings. The maximum absolute atomic E-state index is 6.15. The summed E-state index contributed by atoms with van der Waals surface area (Å²) in [6, 6.07) is 6.49. The molecular formula is C19H32N2O. The number of benzene rings is 1. The minimum atomic E-state index is 0.486.